The summed E-state index contributed by atoms with van der Waals surface area (Å²) in [6, 6.07) is 13.4. The molecule has 1 N–H and O–H groups in total. The molecule has 3 rings (SSSR count). The van der Waals surface area contributed by atoms with Crippen LogP contribution in [0.5, 0.6) is 5.75 Å². The van der Waals surface area contributed by atoms with Gasteiger partial charge in [-0.25, -0.2) is 0 Å². The van der Waals surface area contributed by atoms with Crippen LogP contribution in [0, 0.1) is 20.8 Å². The number of ether oxygens (including phenoxy) is 1. The number of aryl methyl sites for hydroxylation is 2. The Morgan fingerprint density at radius 1 is 1.12 bits per heavy atom. The van der Waals surface area contributed by atoms with Crippen LogP contribution in [0.1, 0.15) is 16.7 Å². The highest BCUT2D eigenvalue weighted by atomic mass is 16.5. The van der Waals surface area contributed by atoms with Crippen molar-refractivity contribution in [2.24, 2.45) is 0 Å². The van der Waals surface area contributed by atoms with Gasteiger partial charge in [-0.15, -0.1) is 0 Å². The molecule has 1 heterocycles. The Balaban J connectivity index is 1.60. The third-order valence-electron chi connectivity index (χ3n) is 3.89. The number of rotatable bonds is 5. The SMILES string of the molecule is Cc1ccc(-c2nc(NC(=O)COc3cccc(C)c3C)no2)cc1. The van der Waals surface area contributed by atoms with Gasteiger partial charge in [-0.05, 0) is 55.3 Å². The quantitative estimate of drug-likeness (QED) is 0.768. The highest BCUT2D eigenvalue weighted by Gasteiger charge is 2.12. The smallest absolute Gasteiger partial charge is 0.270 e. The Kier molecular flexibility index (Phi) is 4.79. The number of nitrogens with one attached hydrogen (secondary N) is 1. The van der Waals surface area contributed by atoms with Gasteiger partial charge < -0.3 is 9.26 Å². The number of anilines is 1. The minimum atomic E-state index is -0.350. The predicted molar refractivity (Wildman–Crippen MR) is 94.5 cm³/mol. The zero-order valence-corrected chi connectivity index (χ0v) is 14.4. The first-order valence-electron chi connectivity index (χ1n) is 7.92. The molecule has 0 aliphatic carbocycles. The van der Waals surface area contributed by atoms with E-state index >= 15 is 0 Å². The fourth-order valence-electron chi connectivity index (χ4n) is 2.27. The summed E-state index contributed by atoms with van der Waals surface area (Å²) in [5, 5.41) is 6.34. The molecule has 25 heavy (non-hydrogen) atoms. The Bertz CT molecular complexity index is 885. The Labute approximate surface area is 145 Å². The van der Waals surface area contributed by atoms with Crippen molar-refractivity contribution in [3.05, 3.63) is 59.2 Å². The van der Waals surface area contributed by atoms with Crippen LogP contribution < -0.4 is 10.1 Å². The molecule has 0 radical (unpaired) electrons. The highest BCUT2D eigenvalue weighted by Crippen LogP contribution is 2.21. The van der Waals surface area contributed by atoms with Crippen molar-refractivity contribution in [2.75, 3.05) is 11.9 Å². The molecule has 0 spiro atoms. The number of amides is 1. The average molecular weight is 337 g/mol. The van der Waals surface area contributed by atoms with Crippen molar-refractivity contribution < 1.29 is 14.1 Å². The lowest BCUT2D eigenvalue weighted by atomic mass is 10.1. The van der Waals surface area contributed by atoms with E-state index in [4.69, 9.17) is 9.26 Å². The van der Waals surface area contributed by atoms with Gasteiger partial charge in [-0.2, -0.15) is 4.98 Å². The summed E-state index contributed by atoms with van der Waals surface area (Å²) in [7, 11) is 0. The van der Waals surface area contributed by atoms with E-state index in [1.165, 1.54) is 0 Å². The molecule has 128 valence electrons. The molecule has 6 heteroatoms. The van der Waals surface area contributed by atoms with E-state index in [1.54, 1.807) is 0 Å². The van der Waals surface area contributed by atoms with E-state index in [9.17, 15) is 4.79 Å². The van der Waals surface area contributed by atoms with Crippen molar-refractivity contribution in [2.45, 2.75) is 20.8 Å². The summed E-state index contributed by atoms with van der Waals surface area (Å²) in [5.41, 5.74) is 4.06. The minimum absolute atomic E-state index is 0.116. The van der Waals surface area contributed by atoms with Crippen LogP contribution in [0.15, 0.2) is 47.0 Å². The maximum Gasteiger partial charge on any atom is 0.270 e. The second-order valence-corrected chi connectivity index (χ2v) is 5.82. The molecular formula is C19H19N3O3. The molecule has 0 atom stereocenters. The molecular weight excluding hydrogens is 318 g/mol. The van der Waals surface area contributed by atoms with Crippen LogP contribution >= 0.6 is 0 Å². The lowest BCUT2D eigenvalue weighted by molar-refractivity contribution is -0.118. The fourth-order valence-corrected chi connectivity index (χ4v) is 2.27. The maximum absolute atomic E-state index is 12.0. The van der Waals surface area contributed by atoms with Crippen molar-refractivity contribution in [1.29, 1.82) is 0 Å². The van der Waals surface area contributed by atoms with E-state index in [0.717, 1.165) is 22.3 Å². The molecule has 0 saturated heterocycles. The van der Waals surface area contributed by atoms with E-state index in [2.05, 4.69) is 15.5 Å². The van der Waals surface area contributed by atoms with Crippen LogP contribution in [-0.2, 0) is 4.79 Å². The first kappa shape index (κ1) is 16.7. The number of nitrogens with zero attached hydrogens (tertiary/aromatic N) is 2. The van der Waals surface area contributed by atoms with Crippen LogP contribution in [0.2, 0.25) is 0 Å². The van der Waals surface area contributed by atoms with Crippen LogP contribution in [0.4, 0.5) is 5.95 Å². The Hall–Kier alpha value is -3.15. The Morgan fingerprint density at radius 3 is 2.64 bits per heavy atom. The average Bonchev–Trinajstić information content (AvgIpc) is 3.05. The van der Waals surface area contributed by atoms with Gasteiger partial charge in [-0.3, -0.25) is 10.1 Å². The molecule has 1 amide bonds. The van der Waals surface area contributed by atoms with E-state index in [0.29, 0.717) is 11.6 Å². The minimum Gasteiger partial charge on any atom is -0.483 e. The van der Waals surface area contributed by atoms with Crippen molar-refractivity contribution in [3.8, 4) is 17.2 Å². The van der Waals surface area contributed by atoms with Gasteiger partial charge in [0.2, 0.25) is 0 Å². The van der Waals surface area contributed by atoms with Crippen molar-refractivity contribution >= 4 is 11.9 Å². The summed E-state index contributed by atoms with van der Waals surface area (Å²) >= 11 is 0. The molecule has 1 aromatic heterocycles. The van der Waals surface area contributed by atoms with E-state index in [-0.39, 0.29) is 18.5 Å². The molecule has 6 nitrogen and oxygen atoms in total. The van der Waals surface area contributed by atoms with Gasteiger partial charge in [0.05, 0.1) is 0 Å². The van der Waals surface area contributed by atoms with Gasteiger partial charge in [-0.1, -0.05) is 29.8 Å². The number of carbonyl (C=O) groups is 1. The molecule has 0 bridgehead atoms. The number of benzene rings is 2. The topological polar surface area (TPSA) is 77.2 Å². The zero-order valence-electron chi connectivity index (χ0n) is 14.4. The number of hydrogen-bond donors (Lipinski definition) is 1. The summed E-state index contributed by atoms with van der Waals surface area (Å²) in [4.78, 5) is 16.2. The molecule has 0 unspecified atom stereocenters. The molecule has 3 aromatic rings. The summed E-state index contributed by atoms with van der Waals surface area (Å²) in [5.74, 6) is 0.802. The Morgan fingerprint density at radius 2 is 1.88 bits per heavy atom. The largest absolute Gasteiger partial charge is 0.483 e. The van der Waals surface area contributed by atoms with Gasteiger partial charge in [0.1, 0.15) is 5.75 Å². The monoisotopic (exact) mass is 337 g/mol. The summed E-state index contributed by atoms with van der Waals surface area (Å²) in [6.07, 6.45) is 0. The van der Waals surface area contributed by atoms with E-state index < -0.39 is 0 Å². The highest BCUT2D eigenvalue weighted by molar-refractivity contribution is 5.90. The van der Waals surface area contributed by atoms with Gasteiger partial charge in [0.25, 0.3) is 17.7 Å². The van der Waals surface area contributed by atoms with Crippen LogP contribution in [0.3, 0.4) is 0 Å². The predicted octanol–water partition coefficient (Wildman–Crippen LogP) is 3.68. The lowest BCUT2D eigenvalue weighted by Crippen LogP contribution is -2.21. The lowest BCUT2D eigenvalue weighted by Gasteiger charge is -2.09. The van der Waals surface area contributed by atoms with Gasteiger partial charge in [0.15, 0.2) is 6.61 Å². The number of hydrogen-bond acceptors (Lipinski definition) is 5. The molecule has 0 aliphatic heterocycles. The van der Waals surface area contributed by atoms with Crippen LogP contribution in [0.25, 0.3) is 11.5 Å². The summed E-state index contributed by atoms with van der Waals surface area (Å²) in [6.45, 7) is 5.82. The van der Waals surface area contributed by atoms with Crippen molar-refractivity contribution in [1.82, 2.24) is 10.1 Å². The molecule has 2 aromatic carbocycles. The molecule has 0 saturated carbocycles. The third-order valence-corrected chi connectivity index (χ3v) is 3.89. The normalized spacial score (nSPS) is 10.5. The number of carbonyl (C=O) groups excluding carboxylic acids is 1. The number of aromatic nitrogens is 2. The molecule has 0 aliphatic rings. The molecule has 0 fully saturated rings. The first-order chi connectivity index (χ1) is 12.0. The van der Waals surface area contributed by atoms with Gasteiger partial charge >= 0.3 is 0 Å². The zero-order chi connectivity index (χ0) is 17.8. The van der Waals surface area contributed by atoms with Gasteiger partial charge in [0, 0.05) is 5.56 Å². The fraction of sp³-hybridized carbons (Fsp3) is 0.211. The van der Waals surface area contributed by atoms with E-state index in [1.807, 2.05) is 63.2 Å². The first-order valence-corrected chi connectivity index (χ1v) is 7.92. The van der Waals surface area contributed by atoms with Crippen LogP contribution in [-0.4, -0.2) is 22.7 Å². The summed E-state index contributed by atoms with van der Waals surface area (Å²) < 4.78 is 10.7. The standard InChI is InChI=1S/C19H19N3O3/c1-12-7-9-15(10-8-12)18-21-19(22-25-18)20-17(23)11-24-16-6-4-5-13(2)14(16)3/h4-10H,11H2,1-3H3,(H,20,22,23). The second kappa shape index (κ2) is 7.17. The maximum atomic E-state index is 12.0. The third kappa shape index (κ3) is 4.03. The second-order valence-electron chi connectivity index (χ2n) is 5.82. The van der Waals surface area contributed by atoms with Crippen molar-refractivity contribution in [3.63, 3.8) is 0 Å².